The Morgan fingerprint density at radius 3 is 2.26 bits per heavy atom. The summed E-state index contributed by atoms with van der Waals surface area (Å²) in [7, 11) is 0. The molecule has 1 rings (SSSR count). The van der Waals surface area contributed by atoms with Crippen molar-refractivity contribution < 1.29 is 19.4 Å². The molecule has 104 valence electrons. The maximum Gasteiger partial charge on any atom is 0.316 e. The fourth-order valence-electron chi connectivity index (χ4n) is 1.36. The van der Waals surface area contributed by atoms with Crippen molar-refractivity contribution in [1.29, 1.82) is 0 Å². The molecule has 0 aliphatic heterocycles. The lowest BCUT2D eigenvalue weighted by atomic mass is 9.97. The molecule has 1 N–H and O–H groups in total. The maximum absolute atomic E-state index is 12.0. The zero-order valence-corrected chi connectivity index (χ0v) is 12.0. The van der Waals surface area contributed by atoms with Gasteiger partial charge in [-0.1, -0.05) is 13.8 Å². The Hall–Kier alpha value is -1.84. The van der Waals surface area contributed by atoms with Crippen LogP contribution in [0, 0.1) is 11.3 Å². The third-order valence-corrected chi connectivity index (χ3v) is 2.57. The number of Topliss-reactive ketones (excluding diaryl/α,β-unsaturated/α-hetero) is 1. The van der Waals surface area contributed by atoms with Gasteiger partial charge in [0.05, 0.1) is 11.0 Å². The summed E-state index contributed by atoms with van der Waals surface area (Å²) in [6, 6.07) is 4.16. The Kier molecular flexibility index (Phi) is 4.35. The standard InChI is InChI=1S/C15H20O4/c1-9(2)13(17)11-8-10(16)6-7-12(11)19-14(18)15(3,4)5/h6-9,16H,1-5H3. The number of phenolic OH excluding ortho intramolecular Hbond substituents is 1. The van der Waals surface area contributed by atoms with Crippen molar-refractivity contribution in [3.63, 3.8) is 0 Å². The number of rotatable bonds is 3. The molecule has 0 saturated carbocycles. The van der Waals surface area contributed by atoms with Gasteiger partial charge in [0.1, 0.15) is 11.5 Å². The van der Waals surface area contributed by atoms with E-state index in [1.165, 1.54) is 18.2 Å². The molecule has 0 unspecified atom stereocenters. The minimum absolute atomic E-state index is 0.0282. The molecule has 4 heteroatoms. The molecule has 0 spiro atoms. The van der Waals surface area contributed by atoms with Crippen molar-refractivity contribution in [1.82, 2.24) is 0 Å². The van der Waals surface area contributed by atoms with Crippen LogP contribution < -0.4 is 4.74 Å². The first-order valence-corrected chi connectivity index (χ1v) is 6.22. The second-order valence-corrected chi connectivity index (χ2v) is 5.84. The number of ether oxygens (including phenoxy) is 1. The molecule has 0 atom stereocenters. The maximum atomic E-state index is 12.0. The van der Waals surface area contributed by atoms with Crippen LogP contribution in [0.15, 0.2) is 18.2 Å². The van der Waals surface area contributed by atoms with E-state index in [1.807, 2.05) is 0 Å². The van der Waals surface area contributed by atoms with Crippen LogP contribution in [0.4, 0.5) is 0 Å². The quantitative estimate of drug-likeness (QED) is 0.517. The van der Waals surface area contributed by atoms with Gasteiger partial charge >= 0.3 is 5.97 Å². The first-order valence-electron chi connectivity index (χ1n) is 6.22. The van der Waals surface area contributed by atoms with Gasteiger partial charge in [0, 0.05) is 5.92 Å². The van der Waals surface area contributed by atoms with E-state index in [0.717, 1.165) is 0 Å². The van der Waals surface area contributed by atoms with E-state index in [-0.39, 0.29) is 28.8 Å². The number of carbonyl (C=O) groups excluding carboxylic acids is 2. The third kappa shape index (κ3) is 3.81. The SMILES string of the molecule is CC(C)C(=O)c1cc(O)ccc1OC(=O)C(C)(C)C. The van der Waals surface area contributed by atoms with Crippen LogP contribution in [-0.2, 0) is 4.79 Å². The number of esters is 1. The van der Waals surface area contributed by atoms with Crippen molar-refractivity contribution in [3.05, 3.63) is 23.8 Å². The summed E-state index contributed by atoms with van der Waals surface area (Å²) in [6.45, 7) is 8.71. The first kappa shape index (κ1) is 15.2. The van der Waals surface area contributed by atoms with Gasteiger partial charge in [0.2, 0.25) is 0 Å². The van der Waals surface area contributed by atoms with E-state index in [1.54, 1.807) is 34.6 Å². The van der Waals surface area contributed by atoms with Gasteiger partial charge in [0.15, 0.2) is 5.78 Å². The average Bonchev–Trinajstić information content (AvgIpc) is 2.29. The van der Waals surface area contributed by atoms with Crippen LogP contribution >= 0.6 is 0 Å². The summed E-state index contributed by atoms with van der Waals surface area (Å²) in [4.78, 5) is 23.9. The molecular formula is C15H20O4. The van der Waals surface area contributed by atoms with Gasteiger partial charge in [-0.05, 0) is 39.0 Å². The summed E-state index contributed by atoms with van der Waals surface area (Å²) < 4.78 is 5.27. The number of hydrogen-bond donors (Lipinski definition) is 1. The van der Waals surface area contributed by atoms with Crippen LogP contribution in [0.1, 0.15) is 45.0 Å². The zero-order chi connectivity index (χ0) is 14.8. The summed E-state index contributed by atoms with van der Waals surface area (Å²) >= 11 is 0. The van der Waals surface area contributed by atoms with Gasteiger partial charge in [-0.25, -0.2) is 0 Å². The molecule has 0 heterocycles. The highest BCUT2D eigenvalue weighted by molar-refractivity contribution is 6.01. The molecule has 0 saturated heterocycles. The van der Waals surface area contributed by atoms with Gasteiger partial charge < -0.3 is 9.84 Å². The van der Waals surface area contributed by atoms with E-state index >= 15 is 0 Å². The Labute approximate surface area is 113 Å². The van der Waals surface area contributed by atoms with Crippen LogP contribution in [0.2, 0.25) is 0 Å². The van der Waals surface area contributed by atoms with E-state index in [4.69, 9.17) is 4.74 Å². The monoisotopic (exact) mass is 264 g/mol. The molecule has 0 aliphatic carbocycles. The number of carbonyl (C=O) groups is 2. The largest absolute Gasteiger partial charge is 0.508 e. The van der Waals surface area contributed by atoms with E-state index in [9.17, 15) is 14.7 Å². The van der Waals surface area contributed by atoms with Gasteiger partial charge in [-0.15, -0.1) is 0 Å². The van der Waals surface area contributed by atoms with Crippen LogP contribution in [0.5, 0.6) is 11.5 Å². The Morgan fingerprint density at radius 2 is 1.79 bits per heavy atom. The van der Waals surface area contributed by atoms with Gasteiger partial charge in [0.25, 0.3) is 0 Å². The Morgan fingerprint density at radius 1 is 1.21 bits per heavy atom. The second-order valence-electron chi connectivity index (χ2n) is 5.84. The lowest BCUT2D eigenvalue weighted by Crippen LogP contribution is -2.26. The molecule has 19 heavy (non-hydrogen) atoms. The number of hydrogen-bond acceptors (Lipinski definition) is 4. The smallest absolute Gasteiger partial charge is 0.316 e. The predicted molar refractivity (Wildman–Crippen MR) is 72.4 cm³/mol. The predicted octanol–water partition coefficient (Wildman–Crippen LogP) is 3.18. The molecule has 0 aromatic heterocycles. The fourth-order valence-corrected chi connectivity index (χ4v) is 1.36. The minimum atomic E-state index is -0.657. The summed E-state index contributed by atoms with van der Waals surface area (Å²) in [5, 5.41) is 9.47. The normalized spacial score (nSPS) is 11.5. The first-order chi connectivity index (χ1) is 8.62. The molecule has 0 radical (unpaired) electrons. The number of benzene rings is 1. The van der Waals surface area contributed by atoms with Crippen molar-refractivity contribution in [2.24, 2.45) is 11.3 Å². The van der Waals surface area contributed by atoms with Crippen LogP contribution in [0.25, 0.3) is 0 Å². The zero-order valence-electron chi connectivity index (χ0n) is 12.0. The number of aromatic hydroxyl groups is 1. The van der Waals surface area contributed by atoms with Crippen LogP contribution in [-0.4, -0.2) is 16.9 Å². The van der Waals surface area contributed by atoms with E-state index in [2.05, 4.69) is 0 Å². The third-order valence-electron chi connectivity index (χ3n) is 2.57. The summed E-state index contributed by atoms with van der Waals surface area (Å²) in [6.07, 6.45) is 0. The Balaban J connectivity index is 3.15. The van der Waals surface area contributed by atoms with Crippen molar-refractivity contribution in [3.8, 4) is 11.5 Å². The van der Waals surface area contributed by atoms with Crippen LogP contribution in [0.3, 0.4) is 0 Å². The Bertz CT molecular complexity index is 495. The number of ketones is 1. The molecule has 1 aromatic carbocycles. The topological polar surface area (TPSA) is 63.6 Å². The molecule has 4 nitrogen and oxygen atoms in total. The number of phenols is 1. The summed E-state index contributed by atoms with van der Waals surface area (Å²) in [5.74, 6) is -0.673. The molecule has 0 amide bonds. The van der Waals surface area contributed by atoms with Gasteiger partial charge in [-0.3, -0.25) is 9.59 Å². The molecule has 0 fully saturated rings. The summed E-state index contributed by atoms with van der Waals surface area (Å²) in [5.41, 5.74) is -0.427. The average molecular weight is 264 g/mol. The molecule has 1 aromatic rings. The molecular weight excluding hydrogens is 244 g/mol. The molecule has 0 aliphatic rings. The highest BCUT2D eigenvalue weighted by Crippen LogP contribution is 2.28. The highest BCUT2D eigenvalue weighted by atomic mass is 16.5. The second kappa shape index (κ2) is 5.43. The van der Waals surface area contributed by atoms with Crippen molar-refractivity contribution >= 4 is 11.8 Å². The van der Waals surface area contributed by atoms with Gasteiger partial charge in [-0.2, -0.15) is 0 Å². The van der Waals surface area contributed by atoms with Crippen molar-refractivity contribution in [2.75, 3.05) is 0 Å². The minimum Gasteiger partial charge on any atom is -0.508 e. The fraction of sp³-hybridized carbons (Fsp3) is 0.467. The lowest BCUT2D eigenvalue weighted by Gasteiger charge is -2.18. The highest BCUT2D eigenvalue weighted by Gasteiger charge is 2.26. The molecule has 0 bridgehead atoms. The van der Waals surface area contributed by atoms with E-state index in [0.29, 0.717) is 0 Å². The van der Waals surface area contributed by atoms with E-state index < -0.39 is 11.4 Å². The lowest BCUT2D eigenvalue weighted by molar-refractivity contribution is -0.143. The van der Waals surface area contributed by atoms with Crippen molar-refractivity contribution in [2.45, 2.75) is 34.6 Å².